The van der Waals surface area contributed by atoms with Crippen molar-refractivity contribution >= 4 is 15.9 Å². The van der Waals surface area contributed by atoms with Gasteiger partial charge in [0.25, 0.3) is 10.1 Å². The third kappa shape index (κ3) is 7.24. The van der Waals surface area contributed by atoms with Crippen LogP contribution in [0.4, 0.5) is 0 Å². The summed E-state index contributed by atoms with van der Waals surface area (Å²) in [6.07, 6.45) is 2.28. The molecule has 0 aliphatic heterocycles. The summed E-state index contributed by atoms with van der Waals surface area (Å²) in [5.74, 6) is -1.07. The Morgan fingerprint density at radius 1 is 1.40 bits per heavy atom. The minimum atomic E-state index is -3.92. The Kier molecular flexibility index (Phi) is 6.38. The highest BCUT2D eigenvalue weighted by molar-refractivity contribution is 7.85. The fourth-order valence-electron chi connectivity index (χ4n) is 1.17. The summed E-state index contributed by atoms with van der Waals surface area (Å²) in [5, 5.41) is 8.85. The lowest BCUT2D eigenvalue weighted by Gasteiger charge is -2.09. The standard InChI is InChI=1S/C9H16O5S/c1-2-9(11)8(7-10)5-3-4-6-15(12,13)14/h2,8,10H,1,3-7H2,(H,12,13,14). The molecule has 0 bridgehead atoms. The highest BCUT2D eigenvalue weighted by Gasteiger charge is 2.14. The SMILES string of the molecule is C=CC(=O)C(CO)CCCCS(=O)(=O)O. The molecule has 6 heteroatoms. The Bertz CT molecular complexity index is 306. The van der Waals surface area contributed by atoms with E-state index in [-0.39, 0.29) is 24.6 Å². The summed E-state index contributed by atoms with van der Waals surface area (Å²) in [6.45, 7) is 3.03. The second-order valence-corrected chi connectivity index (χ2v) is 4.84. The van der Waals surface area contributed by atoms with Crippen molar-refractivity contribution in [1.82, 2.24) is 0 Å². The van der Waals surface area contributed by atoms with Crippen molar-refractivity contribution in [2.45, 2.75) is 19.3 Å². The van der Waals surface area contributed by atoms with Gasteiger partial charge in [-0.3, -0.25) is 9.35 Å². The van der Waals surface area contributed by atoms with Crippen LogP contribution in [0.15, 0.2) is 12.7 Å². The van der Waals surface area contributed by atoms with Crippen LogP contribution >= 0.6 is 0 Å². The first-order valence-electron chi connectivity index (χ1n) is 4.63. The molecule has 2 N–H and O–H groups in total. The van der Waals surface area contributed by atoms with E-state index >= 15 is 0 Å². The maximum atomic E-state index is 11.1. The number of ketones is 1. The van der Waals surface area contributed by atoms with Crippen LogP contribution in [-0.4, -0.2) is 36.2 Å². The van der Waals surface area contributed by atoms with Crippen molar-refractivity contribution < 1.29 is 22.9 Å². The molecular formula is C9H16O5S. The van der Waals surface area contributed by atoms with Crippen molar-refractivity contribution in [3.05, 3.63) is 12.7 Å². The third-order valence-electron chi connectivity index (χ3n) is 2.03. The second kappa shape index (κ2) is 6.71. The molecule has 15 heavy (non-hydrogen) atoms. The molecule has 0 aromatic carbocycles. The van der Waals surface area contributed by atoms with Gasteiger partial charge < -0.3 is 5.11 Å². The lowest BCUT2D eigenvalue weighted by Crippen LogP contribution is -2.16. The molecule has 1 atom stereocenters. The second-order valence-electron chi connectivity index (χ2n) is 3.27. The molecule has 0 radical (unpaired) electrons. The fourth-order valence-corrected chi connectivity index (χ4v) is 1.73. The van der Waals surface area contributed by atoms with Gasteiger partial charge in [0.2, 0.25) is 0 Å². The Labute approximate surface area is 89.6 Å². The molecule has 0 aromatic rings. The molecule has 0 fully saturated rings. The maximum Gasteiger partial charge on any atom is 0.264 e. The number of hydrogen-bond donors (Lipinski definition) is 2. The first-order valence-corrected chi connectivity index (χ1v) is 6.24. The normalized spacial score (nSPS) is 13.5. The molecule has 0 heterocycles. The predicted octanol–water partition coefficient (Wildman–Crippen LogP) is 0.408. The summed E-state index contributed by atoms with van der Waals surface area (Å²) in [5.41, 5.74) is 0. The Morgan fingerprint density at radius 3 is 2.40 bits per heavy atom. The molecule has 0 amide bonds. The molecule has 0 saturated carbocycles. The summed E-state index contributed by atoms with van der Waals surface area (Å²) in [6, 6.07) is 0. The Balaban J connectivity index is 3.83. The topological polar surface area (TPSA) is 91.7 Å². The van der Waals surface area contributed by atoms with E-state index in [0.29, 0.717) is 12.8 Å². The van der Waals surface area contributed by atoms with Crippen molar-refractivity contribution in [3.8, 4) is 0 Å². The van der Waals surface area contributed by atoms with E-state index in [0.717, 1.165) is 6.08 Å². The Morgan fingerprint density at radius 2 is 2.00 bits per heavy atom. The number of carbonyl (C=O) groups excluding carboxylic acids is 1. The van der Waals surface area contributed by atoms with Crippen LogP contribution in [0.3, 0.4) is 0 Å². The van der Waals surface area contributed by atoms with Crippen molar-refractivity contribution in [2.24, 2.45) is 5.92 Å². The van der Waals surface area contributed by atoms with Gasteiger partial charge in [0.1, 0.15) is 0 Å². The first kappa shape index (κ1) is 14.3. The number of unbranched alkanes of at least 4 members (excludes halogenated alkanes) is 1. The molecule has 0 aromatic heterocycles. The molecular weight excluding hydrogens is 220 g/mol. The lowest BCUT2D eigenvalue weighted by atomic mass is 9.98. The molecule has 1 unspecified atom stereocenters. The van der Waals surface area contributed by atoms with Gasteiger partial charge in [0, 0.05) is 5.92 Å². The van der Waals surface area contributed by atoms with Crippen molar-refractivity contribution in [3.63, 3.8) is 0 Å². The molecule has 5 nitrogen and oxygen atoms in total. The van der Waals surface area contributed by atoms with E-state index in [1.165, 1.54) is 0 Å². The number of rotatable bonds is 8. The Hall–Kier alpha value is -0.720. The zero-order valence-electron chi connectivity index (χ0n) is 8.42. The van der Waals surface area contributed by atoms with Crippen LogP contribution < -0.4 is 0 Å². The predicted molar refractivity (Wildman–Crippen MR) is 56.0 cm³/mol. The number of hydrogen-bond acceptors (Lipinski definition) is 4. The van der Waals surface area contributed by atoms with Crippen LogP contribution in [-0.2, 0) is 14.9 Å². The van der Waals surface area contributed by atoms with E-state index in [9.17, 15) is 13.2 Å². The zero-order chi connectivity index (χ0) is 11.9. The third-order valence-corrected chi connectivity index (χ3v) is 2.83. The highest BCUT2D eigenvalue weighted by atomic mass is 32.2. The van der Waals surface area contributed by atoms with E-state index < -0.39 is 16.0 Å². The maximum absolute atomic E-state index is 11.1. The van der Waals surface area contributed by atoms with Crippen LogP contribution in [0.25, 0.3) is 0 Å². The molecule has 0 spiro atoms. The van der Waals surface area contributed by atoms with Crippen molar-refractivity contribution in [1.29, 1.82) is 0 Å². The molecule has 88 valence electrons. The summed E-state index contributed by atoms with van der Waals surface area (Å²) in [7, 11) is -3.92. The molecule has 0 aliphatic carbocycles. The van der Waals surface area contributed by atoms with Crippen LogP contribution in [0.5, 0.6) is 0 Å². The van der Waals surface area contributed by atoms with Crippen LogP contribution in [0, 0.1) is 5.92 Å². The van der Waals surface area contributed by atoms with Gasteiger partial charge in [-0.25, -0.2) is 0 Å². The van der Waals surface area contributed by atoms with E-state index in [4.69, 9.17) is 9.66 Å². The fraction of sp³-hybridized carbons (Fsp3) is 0.667. The van der Waals surface area contributed by atoms with Gasteiger partial charge in [0.05, 0.1) is 12.4 Å². The quantitative estimate of drug-likeness (QED) is 0.362. The minimum Gasteiger partial charge on any atom is -0.396 e. The highest BCUT2D eigenvalue weighted by Crippen LogP contribution is 2.10. The van der Waals surface area contributed by atoms with E-state index in [2.05, 4.69) is 6.58 Å². The number of aliphatic hydroxyl groups excluding tert-OH is 1. The van der Waals surface area contributed by atoms with Crippen LogP contribution in [0.1, 0.15) is 19.3 Å². The molecule has 0 aliphatic rings. The number of allylic oxidation sites excluding steroid dienone is 1. The van der Waals surface area contributed by atoms with Crippen molar-refractivity contribution in [2.75, 3.05) is 12.4 Å². The number of aliphatic hydroxyl groups is 1. The van der Waals surface area contributed by atoms with Gasteiger partial charge in [-0.05, 0) is 18.9 Å². The summed E-state index contributed by atoms with van der Waals surface area (Å²) >= 11 is 0. The molecule has 0 saturated heterocycles. The largest absolute Gasteiger partial charge is 0.396 e. The number of carbonyl (C=O) groups is 1. The van der Waals surface area contributed by atoms with Gasteiger partial charge in [-0.1, -0.05) is 13.0 Å². The average Bonchev–Trinajstić information content (AvgIpc) is 2.15. The average molecular weight is 236 g/mol. The zero-order valence-corrected chi connectivity index (χ0v) is 9.24. The van der Waals surface area contributed by atoms with Gasteiger partial charge in [-0.15, -0.1) is 0 Å². The van der Waals surface area contributed by atoms with Gasteiger partial charge >= 0.3 is 0 Å². The van der Waals surface area contributed by atoms with Crippen LogP contribution in [0.2, 0.25) is 0 Å². The van der Waals surface area contributed by atoms with E-state index in [1.807, 2.05) is 0 Å². The first-order chi connectivity index (χ1) is 6.90. The summed E-state index contributed by atoms with van der Waals surface area (Å²) in [4.78, 5) is 11.1. The smallest absolute Gasteiger partial charge is 0.264 e. The monoisotopic (exact) mass is 236 g/mol. The minimum absolute atomic E-state index is 0.246. The van der Waals surface area contributed by atoms with Gasteiger partial charge in [-0.2, -0.15) is 8.42 Å². The lowest BCUT2D eigenvalue weighted by molar-refractivity contribution is -0.119. The summed E-state index contributed by atoms with van der Waals surface area (Å²) < 4.78 is 29.2. The van der Waals surface area contributed by atoms with E-state index in [1.54, 1.807) is 0 Å². The molecule has 0 rings (SSSR count). The van der Waals surface area contributed by atoms with Gasteiger partial charge in [0.15, 0.2) is 5.78 Å².